The molecular formula is C16H14N4O. The fourth-order valence-electron chi connectivity index (χ4n) is 2.18. The summed E-state index contributed by atoms with van der Waals surface area (Å²) in [5, 5.41) is 3.69. The molecule has 5 nitrogen and oxygen atoms in total. The van der Waals surface area contributed by atoms with E-state index in [1.54, 1.807) is 36.8 Å². The average molecular weight is 278 g/mol. The van der Waals surface area contributed by atoms with Gasteiger partial charge in [0.2, 0.25) is 0 Å². The molecule has 0 aliphatic heterocycles. The normalized spacial score (nSPS) is 10.5. The lowest BCUT2D eigenvalue weighted by Crippen LogP contribution is -2.13. The minimum atomic E-state index is -0.207. The molecule has 0 fully saturated rings. The first-order chi connectivity index (χ1) is 10.1. The number of nitrogens with one attached hydrogen (secondary N) is 1. The molecule has 0 saturated carbocycles. The number of nitrogens with zero attached hydrogens (tertiary/aromatic N) is 2. The van der Waals surface area contributed by atoms with Crippen LogP contribution >= 0.6 is 0 Å². The van der Waals surface area contributed by atoms with Crippen LogP contribution in [0.25, 0.3) is 10.9 Å². The minimum Gasteiger partial charge on any atom is -0.397 e. The summed E-state index contributed by atoms with van der Waals surface area (Å²) < 4.78 is 0. The SMILES string of the molecule is Cc1cncc(C(=O)Nc2ccc(N)c3ncccc23)c1. The molecule has 0 unspecified atom stereocenters. The number of benzene rings is 1. The van der Waals surface area contributed by atoms with Crippen molar-refractivity contribution in [2.75, 3.05) is 11.1 Å². The van der Waals surface area contributed by atoms with Gasteiger partial charge in [0.05, 0.1) is 22.5 Å². The highest BCUT2D eigenvalue weighted by atomic mass is 16.1. The van der Waals surface area contributed by atoms with Crippen LogP contribution in [0.5, 0.6) is 0 Å². The number of carbonyl (C=O) groups is 1. The van der Waals surface area contributed by atoms with Gasteiger partial charge < -0.3 is 11.1 Å². The summed E-state index contributed by atoms with van der Waals surface area (Å²) in [6.07, 6.45) is 4.92. The lowest BCUT2D eigenvalue weighted by molar-refractivity contribution is 0.102. The van der Waals surface area contributed by atoms with Crippen molar-refractivity contribution in [2.24, 2.45) is 0 Å². The van der Waals surface area contributed by atoms with E-state index in [4.69, 9.17) is 5.73 Å². The zero-order chi connectivity index (χ0) is 14.8. The molecule has 0 aliphatic rings. The predicted octanol–water partition coefficient (Wildman–Crippen LogP) is 2.77. The quantitative estimate of drug-likeness (QED) is 0.706. The van der Waals surface area contributed by atoms with Crippen molar-refractivity contribution in [3.05, 3.63) is 60.0 Å². The Morgan fingerprint density at radius 3 is 2.90 bits per heavy atom. The Balaban J connectivity index is 1.99. The summed E-state index contributed by atoms with van der Waals surface area (Å²) in [4.78, 5) is 20.6. The van der Waals surface area contributed by atoms with E-state index < -0.39 is 0 Å². The summed E-state index contributed by atoms with van der Waals surface area (Å²) in [6, 6.07) is 8.99. The van der Waals surface area contributed by atoms with Crippen molar-refractivity contribution in [3.63, 3.8) is 0 Å². The summed E-state index contributed by atoms with van der Waals surface area (Å²) in [5.74, 6) is -0.207. The third kappa shape index (κ3) is 2.53. The standard InChI is InChI=1S/C16H14N4O/c1-10-7-11(9-18-8-10)16(21)20-14-5-4-13(17)15-12(14)3-2-6-19-15/h2-9H,17H2,1H3,(H,20,21). The minimum absolute atomic E-state index is 0.207. The number of rotatable bonds is 2. The molecule has 0 saturated heterocycles. The number of nitrogen functional groups attached to an aromatic ring is 1. The van der Waals surface area contributed by atoms with Gasteiger partial charge in [0.25, 0.3) is 5.91 Å². The summed E-state index contributed by atoms with van der Waals surface area (Å²) in [7, 11) is 0. The van der Waals surface area contributed by atoms with Crippen LogP contribution in [0.1, 0.15) is 15.9 Å². The van der Waals surface area contributed by atoms with Crippen LogP contribution in [0.2, 0.25) is 0 Å². The van der Waals surface area contributed by atoms with Gasteiger partial charge in [-0.3, -0.25) is 14.8 Å². The van der Waals surface area contributed by atoms with E-state index in [2.05, 4.69) is 15.3 Å². The number of amides is 1. The second-order valence-corrected chi connectivity index (χ2v) is 4.81. The molecule has 1 amide bonds. The number of carbonyl (C=O) groups excluding carboxylic acids is 1. The van der Waals surface area contributed by atoms with Crippen LogP contribution in [0.15, 0.2) is 48.9 Å². The van der Waals surface area contributed by atoms with Crippen molar-refractivity contribution in [3.8, 4) is 0 Å². The van der Waals surface area contributed by atoms with E-state index in [1.165, 1.54) is 0 Å². The van der Waals surface area contributed by atoms with Crippen LogP contribution in [-0.4, -0.2) is 15.9 Å². The molecule has 3 N–H and O–H groups in total. The summed E-state index contributed by atoms with van der Waals surface area (Å²) in [6.45, 7) is 1.90. The van der Waals surface area contributed by atoms with Gasteiger partial charge in [-0.15, -0.1) is 0 Å². The molecular weight excluding hydrogens is 264 g/mol. The van der Waals surface area contributed by atoms with Crippen molar-refractivity contribution in [2.45, 2.75) is 6.92 Å². The first-order valence-electron chi connectivity index (χ1n) is 6.51. The lowest BCUT2D eigenvalue weighted by Gasteiger charge is -2.10. The Morgan fingerprint density at radius 2 is 2.10 bits per heavy atom. The second kappa shape index (κ2) is 5.20. The number of pyridine rings is 2. The van der Waals surface area contributed by atoms with Crippen LogP contribution < -0.4 is 11.1 Å². The first-order valence-corrected chi connectivity index (χ1v) is 6.51. The maximum atomic E-state index is 12.3. The number of hydrogen-bond donors (Lipinski definition) is 2. The number of anilines is 2. The molecule has 5 heteroatoms. The van der Waals surface area contributed by atoms with Crippen LogP contribution in [-0.2, 0) is 0 Å². The van der Waals surface area contributed by atoms with E-state index in [-0.39, 0.29) is 5.91 Å². The van der Waals surface area contributed by atoms with Crippen molar-refractivity contribution >= 4 is 28.2 Å². The van der Waals surface area contributed by atoms with E-state index >= 15 is 0 Å². The topological polar surface area (TPSA) is 80.9 Å². The summed E-state index contributed by atoms with van der Waals surface area (Å²) in [5.41, 5.74) is 9.30. The Bertz CT molecular complexity index is 829. The molecule has 3 aromatic rings. The summed E-state index contributed by atoms with van der Waals surface area (Å²) >= 11 is 0. The van der Waals surface area contributed by atoms with E-state index in [9.17, 15) is 4.79 Å². The average Bonchev–Trinajstić information content (AvgIpc) is 2.50. The van der Waals surface area contributed by atoms with Crippen molar-refractivity contribution in [1.82, 2.24) is 9.97 Å². The Hall–Kier alpha value is -2.95. The van der Waals surface area contributed by atoms with Gasteiger partial charge in [-0.25, -0.2) is 0 Å². The molecule has 3 rings (SSSR count). The number of nitrogens with two attached hydrogens (primary N) is 1. The Labute approximate surface area is 121 Å². The molecule has 0 atom stereocenters. The maximum Gasteiger partial charge on any atom is 0.257 e. The molecule has 0 bridgehead atoms. The maximum absolute atomic E-state index is 12.3. The van der Waals surface area contributed by atoms with Gasteiger partial charge >= 0.3 is 0 Å². The zero-order valence-corrected chi connectivity index (χ0v) is 11.5. The number of fused-ring (bicyclic) bond motifs is 1. The highest BCUT2D eigenvalue weighted by Gasteiger charge is 2.10. The number of hydrogen-bond acceptors (Lipinski definition) is 4. The first kappa shape index (κ1) is 13.1. The monoisotopic (exact) mass is 278 g/mol. The van der Waals surface area contributed by atoms with Gasteiger partial charge in [0, 0.05) is 24.0 Å². The second-order valence-electron chi connectivity index (χ2n) is 4.81. The Kier molecular flexibility index (Phi) is 3.23. The fourth-order valence-corrected chi connectivity index (χ4v) is 2.18. The molecule has 2 aromatic heterocycles. The van der Waals surface area contributed by atoms with Crippen molar-refractivity contribution < 1.29 is 4.79 Å². The van der Waals surface area contributed by atoms with Gasteiger partial charge in [-0.05, 0) is 42.8 Å². The fraction of sp³-hybridized carbons (Fsp3) is 0.0625. The molecule has 1 aromatic carbocycles. The van der Waals surface area contributed by atoms with E-state index in [0.717, 1.165) is 10.9 Å². The molecule has 104 valence electrons. The number of aromatic nitrogens is 2. The lowest BCUT2D eigenvalue weighted by atomic mass is 10.1. The third-order valence-corrected chi connectivity index (χ3v) is 3.19. The van der Waals surface area contributed by atoms with E-state index in [0.29, 0.717) is 22.5 Å². The largest absolute Gasteiger partial charge is 0.397 e. The third-order valence-electron chi connectivity index (χ3n) is 3.19. The van der Waals surface area contributed by atoms with E-state index in [1.807, 2.05) is 19.1 Å². The van der Waals surface area contributed by atoms with Crippen LogP contribution in [0.3, 0.4) is 0 Å². The molecule has 21 heavy (non-hydrogen) atoms. The molecule has 0 radical (unpaired) electrons. The van der Waals surface area contributed by atoms with Gasteiger partial charge in [0.1, 0.15) is 0 Å². The Morgan fingerprint density at radius 1 is 1.24 bits per heavy atom. The smallest absolute Gasteiger partial charge is 0.257 e. The van der Waals surface area contributed by atoms with Crippen molar-refractivity contribution in [1.29, 1.82) is 0 Å². The zero-order valence-electron chi connectivity index (χ0n) is 11.5. The molecule has 0 aliphatic carbocycles. The highest BCUT2D eigenvalue weighted by Crippen LogP contribution is 2.26. The molecule has 0 spiro atoms. The van der Waals surface area contributed by atoms with Gasteiger partial charge in [-0.1, -0.05) is 0 Å². The molecule has 2 heterocycles. The van der Waals surface area contributed by atoms with Gasteiger partial charge in [-0.2, -0.15) is 0 Å². The number of aryl methyl sites for hydroxylation is 1. The van der Waals surface area contributed by atoms with Gasteiger partial charge in [0.15, 0.2) is 0 Å². The predicted molar refractivity (Wildman–Crippen MR) is 83.1 cm³/mol. The van der Waals surface area contributed by atoms with Crippen LogP contribution in [0, 0.1) is 6.92 Å². The highest BCUT2D eigenvalue weighted by molar-refractivity contribution is 6.10. The van der Waals surface area contributed by atoms with Crippen LogP contribution in [0.4, 0.5) is 11.4 Å².